The van der Waals surface area contributed by atoms with Crippen LogP contribution in [0.2, 0.25) is 0 Å². The zero-order valence-corrected chi connectivity index (χ0v) is 12.0. The average molecular weight is 264 g/mol. The number of methoxy groups -OCH3 is 2. The van der Waals surface area contributed by atoms with E-state index in [0.29, 0.717) is 22.8 Å². The van der Waals surface area contributed by atoms with Crippen molar-refractivity contribution in [2.24, 2.45) is 0 Å². The molecule has 1 aromatic carbocycles. The van der Waals surface area contributed by atoms with Gasteiger partial charge in [0.25, 0.3) is 0 Å². The maximum Gasteiger partial charge on any atom is 0.173 e. The van der Waals surface area contributed by atoms with E-state index < -0.39 is 11.7 Å². The first kappa shape index (κ1) is 13.7. The Morgan fingerprint density at radius 2 is 1.95 bits per heavy atom. The van der Waals surface area contributed by atoms with Crippen LogP contribution in [0.15, 0.2) is 12.1 Å². The molecule has 4 heteroatoms. The molecule has 0 amide bonds. The fourth-order valence-corrected chi connectivity index (χ4v) is 2.19. The van der Waals surface area contributed by atoms with E-state index in [4.69, 9.17) is 14.2 Å². The van der Waals surface area contributed by atoms with Gasteiger partial charge in [-0.1, -0.05) is 0 Å². The monoisotopic (exact) mass is 264 g/mol. The quantitative estimate of drug-likeness (QED) is 0.911. The van der Waals surface area contributed by atoms with E-state index in [2.05, 4.69) is 0 Å². The number of rotatable bonds is 3. The fraction of sp³-hybridized carbons (Fsp3) is 0.467. The van der Waals surface area contributed by atoms with Crippen molar-refractivity contribution in [1.29, 1.82) is 0 Å². The molecule has 2 rings (SSSR count). The van der Waals surface area contributed by atoms with E-state index in [1.165, 1.54) is 0 Å². The van der Waals surface area contributed by atoms with Crippen LogP contribution in [0.3, 0.4) is 0 Å². The molecule has 0 aromatic heterocycles. The molecule has 1 aromatic rings. The Labute approximate surface area is 113 Å². The van der Waals surface area contributed by atoms with Gasteiger partial charge in [0, 0.05) is 5.56 Å². The van der Waals surface area contributed by atoms with E-state index in [1.807, 2.05) is 26.0 Å². The smallest absolute Gasteiger partial charge is 0.173 e. The van der Waals surface area contributed by atoms with Crippen molar-refractivity contribution >= 4 is 6.08 Å². The molecule has 0 fully saturated rings. The lowest BCUT2D eigenvalue weighted by molar-refractivity contribution is 0.150. The Kier molecular flexibility index (Phi) is 3.45. The zero-order valence-electron chi connectivity index (χ0n) is 12.0. The number of benzene rings is 1. The Morgan fingerprint density at radius 1 is 1.26 bits per heavy atom. The third-order valence-corrected chi connectivity index (χ3v) is 3.15. The van der Waals surface area contributed by atoms with Crippen molar-refractivity contribution < 1.29 is 19.3 Å². The second kappa shape index (κ2) is 4.78. The highest BCUT2D eigenvalue weighted by molar-refractivity contribution is 5.73. The van der Waals surface area contributed by atoms with Gasteiger partial charge in [0.2, 0.25) is 0 Å². The molecular formula is C15H20O4. The minimum atomic E-state index is -0.641. The summed E-state index contributed by atoms with van der Waals surface area (Å²) in [6, 6.07) is 1.76. The number of fused-ring (bicyclic) bond motifs is 1. The van der Waals surface area contributed by atoms with Crippen molar-refractivity contribution in [3.05, 3.63) is 23.3 Å². The molecule has 1 aliphatic heterocycles. The molecule has 0 aliphatic carbocycles. The predicted octanol–water partition coefficient (Wildman–Crippen LogP) is 2.94. The van der Waals surface area contributed by atoms with Crippen LogP contribution in [0.1, 0.15) is 38.0 Å². The van der Waals surface area contributed by atoms with Gasteiger partial charge in [0.1, 0.15) is 11.4 Å². The van der Waals surface area contributed by atoms with Gasteiger partial charge in [-0.05, 0) is 39.0 Å². The molecule has 0 bridgehead atoms. The number of ether oxygens (including phenoxy) is 3. The number of aliphatic hydroxyl groups excluding tert-OH is 1. The zero-order chi connectivity index (χ0) is 14.2. The largest absolute Gasteiger partial charge is 0.496 e. The summed E-state index contributed by atoms with van der Waals surface area (Å²) in [5, 5.41) is 9.86. The molecule has 0 saturated heterocycles. The summed E-state index contributed by atoms with van der Waals surface area (Å²) in [6.45, 7) is 5.64. The molecule has 19 heavy (non-hydrogen) atoms. The van der Waals surface area contributed by atoms with E-state index in [9.17, 15) is 5.11 Å². The molecule has 1 atom stereocenters. The SMILES string of the molecule is COc1cc([C@@H](C)O)c(OC)c2c1OC(C)(C)C=C2. The first-order valence-corrected chi connectivity index (χ1v) is 6.25. The van der Waals surface area contributed by atoms with Gasteiger partial charge in [-0.15, -0.1) is 0 Å². The van der Waals surface area contributed by atoms with Crippen LogP contribution >= 0.6 is 0 Å². The summed E-state index contributed by atoms with van der Waals surface area (Å²) in [7, 11) is 3.17. The molecule has 4 nitrogen and oxygen atoms in total. The number of hydrogen-bond donors (Lipinski definition) is 1. The standard InChI is InChI=1S/C15H20O4/c1-9(16)11-8-12(17-4)14-10(13(11)18-5)6-7-15(2,3)19-14/h6-9,16H,1-5H3/t9-/m1/s1. The third-order valence-electron chi connectivity index (χ3n) is 3.15. The molecule has 0 spiro atoms. The van der Waals surface area contributed by atoms with Crippen molar-refractivity contribution in [3.63, 3.8) is 0 Å². The maximum atomic E-state index is 9.86. The second-order valence-electron chi connectivity index (χ2n) is 5.16. The topological polar surface area (TPSA) is 47.9 Å². The van der Waals surface area contributed by atoms with Crippen LogP contribution in [-0.4, -0.2) is 24.9 Å². The van der Waals surface area contributed by atoms with Crippen LogP contribution in [-0.2, 0) is 0 Å². The predicted molar refractivity (Wildman–Crippen MR) is 73.9 cm³/mol. The van der Waals surface area contributed by atoms with Gasteiger partial charge in [0.15, 0.2) is 11.5 Å². The molecule has 1 N–H and O–H groups in total. The minimum Gasteiger partial charge on any atom is -0.496 e. The fourth-order valence-electron chi connectivity index (χ4n) is 2.19. The van der Waals surface area contributed by atoms with Crippen molar-refractivity contribution in [3.8, 4) is 17.2 Å². The summed E-state index contributed by atoms with van der Waals surface area (Å²) >= 11 is 0. The molecule has 1 aliphatic rings. The van der Waals surface area contributed by atoms with Crippen LogP contribution in [0.5, 0.6) is 17.2 Å². The number of aliphatic hydroxyl groups is 1. The molecule has 1 heterocycles. The van der Waals surface area contributed by atoms with Gasteiger partial charge in [-0.3, -0.25) is 0 Å². The van der Waals surface area contributed by atoms with Crippen LogP contribution in [0.4, 0.5) is 0 Å². The Bertz CT molecular complexity index is 515. The highest BCUT2D eigenvalue weighted by Crippen LogP contribution is 2.46. The molecule has 0 unspecified atom stereocenters. The highest BCUT2D eigenvalue weighted by atomic mass is 16.5. The van der Waals surface area contributed by atoms with Gasteiger partial charge in [-0.2, -0.15) is 0 Å². The lowest BCUT2D eigenvalue weighted by Crippen LogP contribution is -2.28. The number of hydrogen-bond acceptors (Lipinski definition) is 4. The molecule has 104 valence electrons. The molecule has 0 radical (unpaired) electrons. The average Bonchev–Trinajstić information content (AvgIpc) is 2.35. The van der Waals surface area contributed by atoms with Crippen LogP contribution in [0, 0.1) is 0 Å². The Hall–Kier alpha value is -1.68. The summed E-state index contributed by atoms with van der Waals surface area (Å²) in [4.78, 5) is 0. The van der Waals surface area contributed by atoms with Crippen LogP contribution < -0.4 is 14.2 Å². The van der Waals surface area contributed by atoms with E-state index in [-0.39, 0.29) is 0 Å². The van der Waals surface area contributed by atoms with Gasteiger partial charge in [0.05, 0.1) is 25.9 Å². The molecule has 0 saturated carbocycles. The molecular weight excluding hydrogens is 244 g/mol. The summed E-state index contributed by atoms with van der Waals surface area (Å²) in [6.07, 6.45) is 3.27. The lowest BCUT2D eigenvalue weighted by Gasteiger charge is -2.30. The highest BCUT2D eigenvalue weighted by Gasteiger charge is 2.29. The van der Waals surface area contributed by atoms with Gasteiger partial charge in [-0.25, -0.2) is 0 Å². The normalized spacial score (nSPS) is 17.4. The Balaban J connectivity index is 2.69. The Morgan fingerprint density at radius 3 is 2.47 bits per heavy atom. The third kappa shape index (κ3) is 2.40. The summed E-state index contributed by atoms with van der Waals surface area (Å²) < 4.78 is 16.7. The summed E-state index contributed by atoms with van der Waals surface area (Å²) in [5.41, 5.74) is 1.10. The van der Waals surface area contributed by atoms with E-state index in [0.717, 1.165) is 5.56 Å². The summed E-state index contributed by atoms with van der Waals surface area (Å²) in [5.74, 6) is 1.87. The van der Waals surface area contributed by atoms with Crippen LogP contribution in [0.25, 0.3) is 6.08 Å². The first-order valence-electron chi connectivity index (χ1n) is 6.25. The second-order valence-corrected chi connectivity index (χ2v) is 5.16. The van der Waals surface area contributed by atoms with E-state index >= 15 is 0 Å². The maximum absolute atomic E-state index is 9.86. The van der Waals surface area contributed by atoms with E-state index in [1.54, 1.807) is 27.2 Å². The van der Waals surface area contributed by atoms with Crippen molar-refractivity contribution in [2.75, 3.05) is 14.2 Å². The minimum absolute atomic E-state index is 0.391. The lowest BCUT2D eigenvalue weighted by atomic mass is 9.97. The van der Waals surface area contributed by atoms with Crippen molar-refractivity contribution in [2.45, 2.75) is 32.5 Å². The first-order chi connectivity index (χ1) is 8.89. The van der Waals surface area contributed by atoms with Gasteiger partial charge >= 0.3 is 0 Å². The van der Waals surface area contributed by atoms with Gasteiger partial charge < -0.3 is 19.3 Å². The van der Waals surface area contributed by atoms with Crippen molar-refractivity contribution in [1.82, 2.24) is 0 Å².